The Kier molecular flexibility index (Phi) is 12.6. The van der Waals surface area contributed by atoms with Crippen molar-refractivity contribution in [3.8, 4) is 5.75 Å². The van der Waals surface area contributed by atoms with Crippen molar-refractivity contribution in [1.29, 1.82) is 0 Å². The van der Waals surface area contributed by atoms with Crippen LogP contribution in [0.4, 0.5) is 0 Å². The second-order valence-corrected chi connectivity index (χ2v) is 8.62. The highest BCUT2D eigenvalue weighted by atomic mass is 32.2. The molecule has 0 aliphatic carbocycles. The molecule has 0 radical (unpaired) electrons. The largest absolute Gasteiger partial charge is 0.508 e. The minimum Gasteiger partial charge on any atom is -0.508 e. The van der Waals surface area contributed by atoms with E-state index in [9.17, 15) is 34.2 Å². The van der Waals surface area contributed by atoms with Crippen molar-refractivity contribution in [2.75, 3.05) is 18.6 Å². The third-order valence-electron chi connectivity index (χ3n) is 4.81. The standard InChI is InChI=1S/C21H31N5O8S/c1-35-7-6-14(19(31)26-16(10-27)21(33)34)24-20(32)15(8-11-2-4-12(28)5-3-11)25-18(30)13(22)9-17(23)29/h2-5,13-16,27-28H,6-10,22H2,1H3,(H2,23,29)(H,24,32)(H,25,30)(H,26,31)(H,33,34). The van der Waals surface area contributed by atoms with Gasteiger partial charge in [-0.25, -0.2) is 4.79 Å². The predicted molar refractivity (Wildman–Crippen MR) is 127 cm³/mol. The van der Waals surface area contributed by atoms with Crippen LogP contribution in [0.1, 0.15) is 18.4 Å². The molecule has 0 saturated carbocycles. The van der Waals surface area contributed by atoms with Gasteiger partial charge >= 0.3 is 5.97 Å². The van der Waals surface area contributed by atoms with Crippen molar-refractivity contribution in [2.45, 2.75) is 43.4 Å². The molecule has 35 heavy (non-hydrogen) atoms. The van der Waals surface area contributed by atoms with Gasteiger partial charge in [-0.05, 0) is 36.1 Å². The SMILES string of the molecule is CSCCC(NC(=O)C(Cc1ccc(O)cc1)NC(=O)C(N)CC(N)=O)C(=O)NC(CO)C(=O)O. The van der Waals surface area contributed by atoms with Crippen molar-refractivity contribution in [3.05, 3.63) is 29.8 Å². The lowest BCUT2D eigenvalue weighted by atomic mass is 10.0. The van der Waals surface area contributed by atoms with Gasteiger partial charge in [0.2, 0.25) is 23.6 Å². The molecule has 1 rings (SSSR count). The Morgan fingerprint density at radius 2 is 1.49 bits per heavy atom. The summed E-state index contributed by atoms with van der Waals surface area (Å²) in [6, 6.07) is 0.574. The fraction of sp³-hybridized carbons (Fsp3) is 0.476. The van der Waals surface area contributed by atoms with E-state index in [-0.39, 0.29) is 18.6 Å². The Morgan fingerprint density at radius 3 is 2.00 bits per heavy atom. The first-order chi connectivity index (χ1) is 16.5. The lowest BCUT2D eigenvalue weighted by Crippen LogP contribution is -2.58. The highest BCUT2D eigenvalue weighted by Gasteiger charge is 2.30. The maximum atomic E-state index is 13.1. The predicted octanol–water partition coefficient (Wildman–Crippen LogP) is -2.58. The Bertz CT molecular complexity index is 898. The summed E-state index contributed by atoms with van der Waals surface area (Å²) in [5.74, 6) is -4.24. The number of primary amides is 1. The first-order valence-corrected chi connectivity index (χ1v) is 11.9. The smallest absolute Gasteiger partial charge is 0.328 e. The minimum absolute atomic E-state index is 0.00654. The Morgan fingerprint density at radius 1 is 0.943 bits per heavy atom. The molecule has 14 heteroatoms. The molecule has 1 aromatic rings. The van der Waals surface area contributed by atoms with Crippen molar-refractivity contribution in [3.63, 3.8) is 0 Å². The summed E-state index contributed by atoms with van der Waals surface area (Å²) in [5.41, 5.74) is 11.3. The number of benzene rings is 1. The van der Waals surface area contributed by atoms with Crippen molar-refractivity contribution >= 4 is 41.4 Å². The van der Waals surface area contributed by atoms with Crippen LogP contribution in [0.3, 0.4) is 0 Å². The number of nitrogens with one attached hydrogen (secondary N) is 3. The van der Waals surface area contributed by atoms with Crippen LogP contribution in [0.2, 0.25) is 0 Å². The maximum Gasteiger partial charge on any atom is 0.328 e. The number of carboxylic acid groups (broad SMARTS) is 1. The fourth-order valence-corrected chi connectivity index (χ4v) is 3.37. The number of nitrogens with two attached hydrogens (primary N) is 2. The van der Waals surface area contributed by atoms with Crippen LogP contribution in [0.5, 0.6) is 5.75 Å². The number of phenols is 1. The molecule has 0 fully saturated rings. The van der Waals surface area contributed by atoms with Gasteiger partial charge in [0, 0.05) is 6.42 Å². The highest BCUT2D eigenvalue weighted by molar-refractivity contribution is 7.98. The van der Waals surface area contributed by atoms with Gasteiger partial charge in [-0.3, -0.25) is 19.2 Å². The van der Waals surface area contributed by atoms with Crippen molar-refractivity contribution in [1.82, 2.24) is 16.0 Å². The van der Waals surface area contributed by atoms with E-state index < -0.39 is 66.8 Å². The number of hydrogen-bond acceptors (Lipinski definition) is 9. The molecule has 13 nitrogen and oxygen atoms in total. The summed E-state index contributed by atoms with van der Waals surface area (Å²) in [4.78, 5) is 60.4. The van der Waals surface area contributed by atoms with Crippen LogP contribution in [0, 0.1) is 0 Å². The second-order valence-electron chi connectivity index (χ2n) is 7.63. The molecule has 0 aliphatic rings. The number of carboxylic acids is 1. The first-order valence-electron chi connectivity index (χ1n) is 10.5. The van der Waals surface area contributed by atoms with Gasteiger partial charge in [-0.2, -0.15) is 11.8 Å². The molecule has 0 heterocycles. The molecule has 0 spiro atoms. The van der Waals surface area contributed by atoms with Gasteiger partial charge < -0.3 is 42.7 Å². The number of aromatic hydroxyl groups is 1. The van der Waals surface area contributed by atoms with E-state index >= 15 is 0 Å². The van der Waals surface area contributed by atoms with Crippen LogP contribution in [-0.4, -0.2) is 87.7 Å². The van der Waals surface area contributed by atoms with Gasteiger partial charge in [-0.15, -0.1) is 0 Å². The molecule has 0 bridgehead atoms. The highest BCUT2D eigenvalue weighted by Crippen LogP contribution is 2.12. The van der Waals surface area contributed by atoms with Crippen LogP contribution in [0.25, 0.3) is 0 Å². The maximum absolute atomic E-state index is 13.1. The van der Waals surface area contributed by atoms with Crippen LogP contribution < -0.4 is 27.4 Å². The lowest BCUT2D eigenvalue weighted by molar-refractivity contribution is -0.143. The van der Waals surface area contributed by atoms with E-state index in [1.165, 1.54) is 36.0 Å². The normalized spacial score (nSPS) is 14.1. The summed E-state index contributed by atoms with van der Waals surface area (Å²) in [5, 5.41) is 34.8. The summed E-state index contributed by atoms with van der Waals surface area (Å²) in [7, 11) is 0. The van der Waals surface area contributed by atoms with Gasteiger partial charge in [-0.1, -0.05) is 12.1 Å². The Hall–Kier alpha value is -3.36. The number of carbonyl (C=O) groups excluding carboxylic acids is 4. The van der Waals surface area contributed by atoms with Crippen molar-refractivity contribution < 1.29 is 39.3 Å². The average Bonchev–Trinajstić information content (AvgIpc) is 2.79. The van der Waals surface area contributed by atoms with E-state index in [2.05, 4.69) is 16.0 Å². The number of carbonyl (C=O) groups is 5. The summed E-state index contributed by atoms with van der Waals surface area (Å²) < 4.78 is 0. The topological polar surface area (TPSA) is 234 Å². The Balaban J connectivity index is 3.09. The quantitative estimate of drug-likeness (QED) is 0.122. The third kappa shape index (κ3) is 10.6. The average molecular weight is 514 g/mol. The molecule has 4 amide bonds. The molecular formula is C21H31N5O8S. The second kappa shape index (κ2) is 14.8. The van der Waals surface area contributed by atoms with Gasteiger partial charge in [0.1, 0.15) is 23.9 Å². The molecule has 0 aliphatic heterocycles. The van der Waals surface area contributed by atoms with Gasteiger partial charge in [0.25, 0.3) is 0 Å². The molecule has 0 saturated heterocycles. The van der Waals surface area contributed by atoms with E-state index in [1.807, 2.05) is 0 Å². The van der Waals surface area contributed by atoms with Gasteiger partial charge in [0.05, 0.1) is 19.1 Å². The van der Waals surface area contributed by atoms with Crippen LogP contribution in [-0.2, 0) is 30.4 Å². The molecule has 10 N–H and O–H groups in total. The van der Waals surface area contributed by atoms with Crippen LogP contribution >= 0.6 is 11.8 Å². The molecule has 1 aromatic carbocycles. The molecule has 4 unspecified atom stereocenters. The van der Waals surface area contributed by atoms with Crippen molar-refractivity contribution in [2.24, 2.45) is 11.5 Å². The summed E-state index contributed by atoms with van der Waals surface area (Å²) in [6.07, 6.45) is 1.42. The van der Waals surface area contributed by atoms with Gasteiger partial charge in [0.15, 0.2) is 0 Å². The Labute approximate surface area is 206 Å². The fourth-order valence-electron chi connectivity index (χ4n) is 2.90. The zero-order valence-corrected chi connectivity index (χ0v) is 19.9. The number of hydrogen-bond donors (Lipinski definition) is 8. The first kappa shape index (κ1) is 29.7. The molecule has 194 valence electrons. The van der Waals surface area contributed by atoms with Crippen LogP contribution in [0.15, 0.2) is 24.3 Å². The summed E-state index contributed by atoms with van der Waals surface area (Å²) >= 11 is 1.39. The third-order valence-corrected chi connectivity index (χ3v) is 5.45. The number of aliphatic carboxylic acids is 1. The van der Waals surface area contributed by atoms with E-state index in [0.29, 0.717) is 11.3 Å². The number of amides is 4. The minimum atomic E-state index is -1.56. The van der Waals surface area contributed by atoms with E-state index in [1.54, 1.807) is 6.26 Å². The zero-order valence-electron chi connectivity index (χ0n) is 19.1. The number of aliphatic hydroxyl groups is 1. The van der Waals surface area contributed by atoms with E-state index in [0.717, 1.165) is 0 Å². The number of rotatable bonds is 15. The van der Waals surface area contributed by atoms with E-state index in [4.69, 9.17) is 16.6 Å². The lowest BCUT2D eigenvalue weighted by Gasteiger charge is -2.25. The molecule has 4 atom stereocenters. The summed E-state index contributed by atoms with van der Waals surface area (Å²) in [6.45, 7) is -0.846. The molecule has 0 aromatic heterocycles. The zero-order chi connectivity index (χ0) is 26.5. The number of thioether (sulfide) groups is 1. The monoisotopic (exact) mass is 513 g/mol. The number of aliphatic hydroxyl groups excluding tert-OH is 1. The molecular weight excluding hydrogens is 482 g/mol. The number of phenolic OH excluding ortho intramolecular Hbond substituents is 1.